The molecule has 2 nitrogen and oxygen atoms in total. The van der Waals surface area contributed by atoms with E-state index in [1.165, 1.54) is 0 Å². The molecule has 0 atom stereocenters. The lowest BCUT2D eigenvalue weighted by atomic mass is 10.0. The molecule has 0 unspecified atom stereocenters. The Kier molecular flexibility index (Phi) is 3.03. The number of nitrogens with zero attached hydrogens (tertiary/aromatic N) is 2. The summed E-state index contributed by atoms with van der Waals surface area (Å²) >= 11 is 1.60. The maximum Gasteiger partial charge on any atom is 0.145 e. The molecule has 96 valence electrons. The number of benzene rings is 1. The SMILES string of the molecule is CSc1ccn2ccnc2c1-c1cccc(C)c1F. The van der Waals surface area contributed by atoms with Gasteiger partial charge >= 0.3 is 0 Å². The van der Waals surface area contributed by atoms with Gasteiger partial charge in [-0.2, -0.15) is 0 Å². The van der Waals surface area contributed by atoms with Gasteiger partial charge in [-0.3, -0.25) is 0 Å². The van der Waals surface area contributed by atoms with Crippen LogP contribution >= 0.6 is 11.8 Å². The zero-order valence-corrected chi connectivity index (χ0v) is 11.5. The molecule has 0 aliphatic heterocycles. The summed E-state index contributed by atoms with van der Waals surface area (Å²) in [5, 5.41) is 0. The standard InChI is InChI=1S/C15H13FN2S/c1-10-4-3-5-11(14(10)16)13-12(19-2)6-8-18-9-7-17-15(13)18/h3-9H,1-2H3. The van der Waals surface area contributed by atoms with Crippen molar-refractivity contribution < 1.29 is 4.39 Å². The van der Waals surface area contributed by atoms with Crippen molar-refractivity contribution in [3.05, 3.63) is 54.2 Å². The molecule has 4 heteroatoms. The predicted molar refractivity (Wildman–Crippen MR) is 77.1 cm³/mol. The number of pyridine rings is 1. The molecule has 2 aromatic heterocycles. The van der Waals surface area contributed by atoms with E-state index < -0.39 is 0 Å². The molecular formula is C15H13FN2S. The first-order valence-corrected chi connectivity index (χ1v) is 7.20. The van der Waals surface area contributed by atoms with Gasteiger partial charge in [0.25, 0.3) is 0 Å². The van der Waals surface area contributed by atoms with Crippen LogP contribution in [0.2, 0.25) is 0 Å². The van der Waals surface area contributed by atoms with Crippen LogP contribution in [0.15, 0.2) is 47.8 Å². The Bertz CT molecular complexity index is 749. The molecule has 19 heavy (non-hydrogen) atoms. The average molecular weight is 272 g/mol. The Balaban J connectivity index is 2.40. The number of aromatic nitrogens is 2. The van der Waals surface area contributed by atoms with Gasteiger partial charge in [-0.05, 0) is 24.8 Å². The van der Waals surface area contributed by atoms with E-state index >= 15 is 0 Å². The zero-order valence-electron chi connectivity index (χ0n) is 10.7. The summed E-state index contributed by atoms with van der Waals surface area (Å²) in [5.41, 5.74) is 2.91. The van der Waals surface area contributed by atoms with Crippen molar-refractivity contribution in [3.63, 3.8) is 0 Å². The van der Waals surface area contributed by atoms with Crippen molar-refractivity contribution in [2.75, 3.05) is 6.26 Å². The van der Waals surface area contributed by atoms with Gasteiger partial charge in [0.1, 0.15) is 11.5 Å². The van der Waals surface area contributed by atoms with Crippen LogP contribution in [0.4, 0.5) is 4.39 Å². The minimum atomic E-state index is -0.172. The highest BCUT2D eigenvalue weighted by molar-refractivity contribution is 7.98. The molecule has 0 saturated heterocycles. The Morgan fingerprint density at radius 2 is 2.05 bits per heavy atom. The fraction of sp³-hybridized carbons (Fsp3) is 0.133. The van der Waals surface area contributed by atoms with E-state index in [4.69, 9.17) is 0 Å². The lowest BCUT2D eigenvalue weighted by Crippen LogP contribution is -1.94. The van der Waals surface area contributed by atoms with Gasteiger partial charge in [0.05, 0.1) is 0 Å². The van der Waals surface area contributed by atoms with Gasteiger partial charge in [-0.1, -0.05) is 18.2 Å². The van der Waals surface area contributed by atoms with E-state index in [-0.39, 0.29) is 5.82 Å². The van der Waals surface area contributed by atoms with Crippen molar-refractivity contribution in [1.82, 2.24) is 9.38 Å². The smallest absolute Gasteiger partial charge is 0.145 e. The normalized spacial score (nSPS) is 11.1. The molecule has 0 amide bonds. The third-order valence-corrected chi connectivity index (χ3v) is 3.99. The highest BCUT2D eigenvalue weighted by atomic mass is 32.2. The fourth-order valence-corrected chi connectivity index (χ4v) is 2.83. The summed E-state index contributed by atoms with van der Waals surface area (Å²) in [6.07, 6.45) is 7.55. The van der Waals surface area contributed by atoms with Crippen LogP contribution in [-0.2, 0) is 0 Å². The van der Waals surface area contributed by atoms with Gasteiger partial charge < -0.3 is 4.40 Å². The lowest BCUT2D eigenvalue weighted by molar-refractivity contribution is 0.622. The third-order valence-electron chi connectivity index (χ3n) is 3.21. The number of aryl methyl sites for hydroxylation is 1. The first-order valence-electron chi connectivity index (χ1n) is 5.97. The van der Waals surface area contributed by atoms with E-state index in [1.54, 1.807) is 30.9 Å². The lowest BCUT2D eigenvalue weighted by Gasteiger charge is -2.11. The van der Waals surface area contributed by atoms with Crippen LogP contribution in [-0.4, -0.2) is 15.6 Å². The van der Waals surface area contributed by atoms with Crippen LogP contribution < -0.4 is 0 Å². The van der Waals surface area contributed by atoms with Gasteiger partial charge in [0.15, 0.2) is 0 Å². The monoisotopic (exact) mass is 272 g/mol. The molecule has 0 aliphatic carbocycles. The molecule has 0 spiro atoms. The van der Waals surface area contributed by atoms with Gasteiger partial charge in [0, 0.05) is 34.6 Å². The second-order valence-electron chi connectivity index (χ2n) is 4.35. The number of imidazole rings is 1. The first kappa shape index (κ1) is 12.2. The number of thioether (sulfide) groups is 1. The third kappa shape index (κ3) is 1.92. The number of hydrogen-bond donors (Lipinski definition) is 0. The summed E-state index contributed by atoms with van der Waals surface area (Å²) in [6.45, 7) is 1.78. The first-order chi connectivity index (χ1) is 9.22. The molecule has 1 aromatic carbocycles. The quantitative estimate of drug-likeness (QED) is 0.651. The molecule has 0 aliphatic rings. The molecule has 3 aromatic rings. The number of fused-ring (bicyclic) bond motifs is 1. The van der Waals surface area contributed by atoms with Crippen molar-refractivity contribution in [1.29, 1.82) is 0 Å². The summed E-state index contributed by atoms with van der Waals surface area (Å²) in [7, 11) is 0. The molecule has 0 bridgehead atoms. The van der Waals surface area contributed by atoms with Crippen LogP contribution in [0.3, 0.4) is 0 Å². The summed E-state index contributed by atoms with van der Waals surface area (Å²) in [5.74, 6) is -0.172. The zero-order chi connectivity index (χ0) is 13.4. The van der Waals surface area contributed by atoms with E-state index in [0.717, 1.165) is 16.1 Å². The molecule has 0 fully saturated rings. The summed E-state index contributed by atoms with van der Waals surface area (Å²) in [4.78, 5) is 5.39. The van der Waals surface area contributed by atoms with Crippen LogP contribution in [0, 0.1) is 12.7 Å². The highest BCUT2D eigenvalue weighted by Crippen LogP contribution is 2.35. The minimum Gasteiger partial charge on any atom is -0.307 e. The Labute approximate surface area is 115 Å². The average Bonchev–Trinajstić information content (AvgIpc) is 2.89. The maximum absolute atomic E-state index is 14.4. The molecule has 2 heterocycles. The van der Waals surface area contributed by atoms with E-state index in [9.17, 15) is 4.39 Å². The molecule has 0 saturated carbocycles. The van der Waals surface area contributed by atoms with Crippen LogP contribution in [0.5, 0.6) is 0 Å². The highest BCUT2D eigenvalue weighted by Gasteiger charge is 2.15. The number of halogens is 1. The Morgan fingerprint density at radius 1 is 1.21 bits per heavy atom. The van der Waals surface area contributed by atoms with Gasteiger partial charge in [-0.15, -0.1) is 11.8 Å². The van der Waals surface area contributed by atoms with Crippen molar-refractivity contribution in [2.45, 2.75) is 11.8 Å². The van der Waals surface area contributed by atoms with Crippen molar-refractivity contribution in [2.24, 2.45) is 0 Å². The Morgan fingerprint density at radius 3 is 2.84 bits per heavy atom. The summed E-state index contributed by atoms with van der Waals surface area (Å²) < 4.78 is 16.3. The van der Waals surface area contributed by atoms with E-state index in [0.29, 0.717) is 11.1 Å². The molecule has 0 N–H and O–H groups in total. The van der Waals surface area contributed by atoms with Crippen molar-refractivity contribution >= 4 is 17.4 Å². The minimum absolute atomic E-state index is 0.172. The maximum atomic E-state index is 14.4. The number of rotatable bonds is 2. The Hall–Kier alpha value is -1.81. The van der Waals surface area contributed by atoms with E-state index in [2.05, 4.69) is 4.98 Å². The summed E-state index contributed by atoms with van der Waals surface area (Å²) in [6, 6.07) is 7.47. The predicted octanol–water partition coefficient (Wildman–Crippen LogP) is 4.17. The van der Waals surface area contributed by atoms with E-state index in [1.807, 2.05) is 41.2 Å². The van der Waals surface area contributed by atoms with Gasteiger partial charge in [-0.25, -0.2) is 9.37 Å². The second kappa shape index (κ2) is 4.70. The van der Waals surface area contributed by atoms with Crippen LogP contribution in [0.25, 0.3) is 16.8 Å². The molecule has 3 rings (SSSR count). The van der Waals surface area contributed by atoms with Gasteiger partial charge in [0.2, 0.25) is 0 Å². The van der Waals surface area contributed by atoms with Crippen molar-refractivity contribution in [3.8, 4) is 11.1 Å². The molecular weight excluding hydrogens is 259 g/mol. The topological polar surface area (TPSA) is 17.3 Å². The largest absolute Gasteiger partial charge is 0.307 e. The fourth-order valence-electron chi connectivity index (χ4n) is 2.23. The number of hydrogen-bond acceptors (Lipinski definition) is 2. The van der Waals surface area contributed by atoms with Crippen LogP contribution in [0.1, 0.15) is 5.56 Å². The second-order valence-corrected chi connectivity index (χ2v) is 5.20. The molecule has 0 radical (unpaired) electrons.